The first-order chi connectivity index (χ1) is 14.4. The molecule has 1 aliphatic rings. The molecule has 6 nitrogen and oxygen atoms in total. The van der Waals surface area contributed by atoms with Crippen LogP contribution in [0.25, 0.3) is 0 Å². The summed E-state index contributed by atoms with van der Waals surface area (Å²) < 4.78 is 37.8. The van der Waals surface area contributed by atoms with Gasteiger partial charge in [-0.1, -0.05) is 13.0 Å². The molecule has 9 heteroatoms. The normalized spacial score (nSPS) is 17.2. The number of nitrogens with two attached hydrogens (primary N) is 1. The summed E-state index contributed by atoms with van der Waals surface area (Å²) in [4.78, 5) is 30.4. The Hall–Kier alpha value is -2.94. The number of fused-ring (bicyclic) bond motifs is 1. The average Bonchev–Trinajstić information content (AvgIpc) is 2.66. The molecule has 1 aliphatic heterocycles. The quantitative estimate of drug-likeness (QED) is 0.752. The van der Waals surface area contributed by atoms with E-state index in [-0.39, 0.29) is 17.2 Å². The SMILES string of the molecule is C[C@H]1CN(C(C)(C)C(N)=O)Cc2cc(C(=O)Nc3cncc(CC(F)(F)F)c3)ccc21. The smallest absolute Gasteiger partial charge is 0.368 e. The fourth-order valence-corrected chi connectivity index (χ4v) is 3.73. The number of hydrogen-bond acceptors (Lipinski definition) is 4. The van der Waals surface area contributed by atoms with Crippen molar-refractivity contribution in [2.75, 3.05) is 11.9 Å². The Bertz CT molecular complexity index is 1000. The molecule has 3 rings (SSSR count). The molecule has 0 aliphatic carbocycles. The minimum absolute atomic E-state index is 0.0334. The van der Waals surface area contributed by atoms with Crippen molar-refractivity contribution in [2.24, 2.45) is 5.73 Å². The maximum Gasteiger partial charge on any atom is 0.393 e. The highest BCUT2D eigenvalue weighted by molar-refractivity contribution is 6.04. The highest BCUT2D eigenvalue weighted by atomic mass is 19.4. The van der Waals surface area contributed by atoms with Crippen LogP contribution in [-0.2, 0) is 17.8 Å². The highest BCUT2D eigenvalue weighted by Crippen LogP contribution is 2.33. The lowest BCUT2D eigenvalue weighted by atomic mass is 9.86. The van der Waals surface area contributed by atoms with Gasteiger partial charge in [0.25, 0.3) is 5.91 Å². The van der Waals surface area contributed by atoms with E-state index < -0.39 is 30.0 Å². The molecule has 1 atom stereocenters. The number of benzene rings is 1. The van der Waals surface area contributed by atoms with Crippen molar-refractivity contribution in [1.29, 1.82) is 0 Å². The molecule has 2 amide bonds. The van der Waals surface area contributed by atoms with E-state index in [1.807, 2.05) is 17.9 Å². The number of carbonyl (C=O) groups excluding carboxylic acids is 2. The van der Waals surface area contributed by atoms with Gasteiger partial charge in [-0.3, -0.25) is 19.5 Å². The number of anilines is 1. The van der Waals surface area contributed by atoms with E-state index in [0.29, 0.717) is 18.7 Å². The standard InChI is InChI=1S/C22H25F3N4O2/c1-13-11-29(21(2,3)20(26)31)12-16-7-15(4-5-18(13)16)19(30)28-17-6-14(9-27-10-17)8-22(23,24)25/h4-7,9-10,13H,8,11-12H2,1-3H3,(H2,26,31)(H,28,30)/t13-/m0/s1. The third kappa shape index (κ3) is 5.22. The number of aromatic nitrogens is 1. The van der Waals surface area contributed by atoms with Crippen molar-refractivity contribution in [3.05, 3.63) is 58.9 Å². The number of nitrogens with zero attached hydrogens (tertiary/aromatic N) is 2. The van der Waals surface area contributed by atoms with Crippen LogP contribution in [0.15, 0.2) is 36.7 Å². The number of primary amides is 1. The zero-order valence-corrected chi connectivity index (χ0v) is 17.6. The van der Waals surface area contributed by atoms with Gasteiger partial charge in [-0.25, -0.2) is 0 Å². The van der Waals surface area contributed by atoms with E-state index in [1.54, 1.807) is 26.0 Å². The summed E-state index contributed by atoms with van der Waals surface area (Å²) in [5, 5.41) is 2.61. The molecule has 0 saturated heterocycles. The lowest BCUT2D eigenvalue weighted by Gasteiger charge is -2.41. The molecule has 1 aromatic carbocycles. The third-order valence-corrected chi connectivity index (χ3v) is 5.64. The minimum Gasteiger partial charge on any atom is -0.368 e. The number of carbonyl (C=O) groups is 2. The van der Waals surface area contributed by atoms with Crippen molar-refractivity contribution < 1.29 is 22.8 Å². The fourth-order valence-electron chi connectivity index (χ4n) is 3.73. The Kier molecular flexibility index (Phi) is 6.09. The van der Waals surface area contributed by atoms with Crippen molar-refractivity contribution in [1.82, 2.24) is 9.88 Å². The molecule has 2 heterocycles. The summed E-state index contributed by atoms with van der Waals surface area (Å²) in [6, 6.07) is 6.57. The lowest BCUT2D eigenvalue weighted by molar-refractivity contribution is -0.129. The fraction of sp³-hybridized carbons (Fsp3) is 0.409. The van der Waals surface area contributed by atoms with E-state index in [0.717, 1.165) is 17.3 Å². The molecule has 3 N–H and O–H groups in total. The van der Waals surface area contributed by atoms with Gasteiger partial charge in [-0.2, -0.15) is 13.2 Å². The third-order valence-electron chi connectivity index (χ3n) is 5.64. The molecule has 1 aromatic heterocycles. The summed E-state index contributed by atoms with van der Waals surface area (Å²) in [6.07, 6.45) is -3.05. The summed E-state index contributed by atoms with van der Waals surface area (Å²) in [7, 11) is 0. The molecule has 31 heavy (non-hydrogen) atoms. The number of hydrogen-bond donors (Lipinski definition) is 2. The maximum atomic E-state index is 12.7. The van der Waals surface area contributed by atoms with Gasteiger partial charge in [0.05, 0.1) is 23.8 Å². The molecule has 166 valence electrons. The van der Waals surface area contributed by atoms with E-state index in [2.05, 4.69) is 10.3 Å². The maximum absolute atomic E-state index is 12.7. The van der Waals surface area contributed by atoms with Crippen LogP contribution in [0.4, 0.5) is 18.9 Å². The molecular weight excluding hydrogens is 409 g/mol. The van der Waals surface area contributed by atoms with E-state index >= 15 is 0 Å². The van der Waals surface area contributed by atoms with E-state index in [4.69, 9.17) is 5.73 Å². The first-order valence-corrected chi connectivity index (χ1v) is 9.86. The molecular formula is C22H25F3N4O2. The van der Waals surface area contributed by atoms with Crippen molar-refractivity contribution >= 4 is 17.5 Å². The van der Waals surface area contributed by atoms with Gasteiger partial charge in [-0.15, -0.1) is 0 Å². The zero-order chi connectivity index (χ0) is 23.0. The Morgan fingerprint density at radius 2 is 1.94 bits per heavy atom. The highest BCUT2D eigenvalue weighted by Gasteiger charge is 2.37. The largest absolute Gasteiger partial charge is 0.393 e. The number of amides is 2. The van der Waals surface area contributed by atoms with Crippen LogP contribution in [0.5, 0.6) is 0 Å². The molecule has 0 fully saturated rings. The van der Waals surface area contributed by atoms with E-state index in [1.165, 1.54) is 12.3 Å². The average molecular weight is 434 g/mol. The summed E-state index contributed by atoms with van der Waals surface area (Å²) in [6.45, 7) is 6.69. The number of pyridine rings is 1. The molecule has 0 spiro atoms. The first-order valence-electron chi connectivity index (χ1n) is 9.86. The molecule has 0 bridgehead atoms. The summed E-state index contributed by atoms with van der Waals surface area (Å²) in [5.74, 6) is -0.737. The predicted octanol–water partition coefficient (Wildman–Crippen LogP) is 3.62. The lowest BCUT2D eigenvalue weighted by Crippen LogP contribution is -2.55. The van der Waals surface area contributed by atoms with Gasteiger partial charge >= 0.3 is 6.18 Å². The van der Waals surface area contributed by atoms with Crippen LogP contribution < -0.4 is 11.1 Å². The summed E-state index contributed by atoms with van der Waals surface area (Å²) in [5.41, 5.74) is 7.24. The minimum atomic E-state index is -4.36. The van der Waals surface area contributed by atoms with Crippen LogP contribution in [0.3, 0.4) is 0 Å². The van der Waals surface area contributed by atoms with Crippen molar-refractivity contribution in [3.8, 4) is 0 Å². The van der Waals surface area contributed by atoms with Crippen molar-refractivity contribution in [3.63, 3.8) is 0 Å². The number of halogens is 3. The second-order valence-electron chi connectivity index (χ2n) is 8.45. The number of nitrogens with one attached hydrogen (secondary N) is 1. The Morgan fingerprint density at radius 1 is 1.23 bits per heavy atom. The predicted molar refractivity (Wildman–Crippen MR) is 110 cm³/mol. The van der Waals surface area contributed by atoms with Crippen LogP contribution in [0.2, 0.25) is 0 Å². The van der Waals surface area contributed by atoms with Crippen LogP contribution in [0, 0.1) is 0 Å². The Balaban J connectivity index is 1.80. The molecule has 0 radical (unpaired) electrons. The monoisotopic (exact) mass is 434 g/mol. The second-order valence-corrected chi connectivity index (χ2v) is 8.45. The Labute approximate surface area is 178 Å². The van der Waals surface area contributed by atoms with Crippen molar-refractivity contribution in [2.45, 2.75) is 51.4 Å². The molecule has 0 unspecified atom stereocenters. The first kappa shape index (κ1) is 22.7. The van der Waals surface area contributed by atoms with Crippen LogP contribution >= 0.6 is 0 Å². The van der Waals surface area contributed by atoms with Gasteiger partial charge in [0.1, 0.15) is 0 Å². The van der Waals surface area contributed by atoms with Gasteiger partial charge in [0.15, 0.2) is 0 Å². The number of alkyl halides is 3. The van der Waals surface area contributed by atoms with Gasteiger partial charge in [0.2, 0.25) is 5.91 Å². The van der Waals surface area contributed by atoms with E-state index in [9.17, 15) is 22.8 Å². The van der Waals surface area contributed by atoms with Gasteiger partial charge in [-0.05, 0) is 54.7 Å². The van der Waals surface area contributed by atoms with Crippen LogP contribution in [0.1, 0.15) is 53.7 Å². The zero-order valence-electron chi connectivity index (χ0n) is 17.6. The van der Waals surface area contributed by atoms with Gasteiger partial charge in [0, 0.05) is 24.8 Å². The molecule has 2 aromatic rings. The van der Waals surface area contributed by atoms with Gasteiger partial charge < -0.3 is 11.1 Å². The Morgan fingerprint density at radius 3 is 2.58 bits per heavy atom. The second kappa shape index (κ2) is 8.30. The topological polar surface area (TPSA) is 88.3 Å². The summed E-state index contributed by atoms with van der Waals surface area (Å²) >= 11 is 0. The number of rotatable bonds is 5. The molecule has 0 saturated carbocycles. The van der Waals surface area contributed by atoms with Crippen LogP contribution in [-0.4, -0.2) is 40.0 Å².